The van der Waals surface area contributed by atoms with Crippen molar-refractivity contribution in [2.45, 2.75) is 92.2 Å². The van der Waals surface area contributed by atoms with E-state index in [-0.39, 0.29) is 39.8 Å². The Balaban J connectivity index is 2.24. The fourth-order valence-corrected chi connectivity index (χ4v) is 8.96. The fourth-order valence-electron chi connectivity index (χ4n) is 6.32. The molecule has 0 aliphatic heterocycles. The molecule has 5 nitrogen and oxygen atoms in total. The Bertz CT molecular complexity index is 951. The molecule has 0 radical (unpaired) electrons. The largest absolute Gasteiger partial charge is 0.310 e. The number of aromatic nitrogens is 1. The predicted octanol–water partition coefficient (Wildman–Crippen LogP) is 6.98. The van der Waals surface area contributed by atoms with Crippen LogP contribution in [-0.4, -0.2) is 28.8 Å². The number of hydrogen-bond donors (Lipinski definition) is 0. The summed E-state index contributed by atoms with van der Waals surface area (Å²) < 4.78 is 31.8. The first-order chi connectivity index (χ1) is 15.4. The average molecular weight is 517 g/mol. The fraction of sp³-hybridized carbons (Fsp3) is 0.800. The lowest BCUT2D eigenvalue weighted by atomic mass is 9.70. The maximum absolute atomic E-state index is 14.5. The summed E-state index contributed by atoms with van der Waals surface area (Å²) >= 11 is 12.6. The summed E-state index contributed by atoms with van der Waals surface area (Å²) in [5, 5.41) is 9.70. The molecule has 1 aromatic rings. The zero-order valence-corrected chi connectivity index (χ0v) is 23.1. The minimum absolute atomic E-state index is 0.0371. The first-order valence-corrected chi connectivity index (χ1v) is 14.6. The second-order valence-electron chi connectivity index (χ2n) is 11.2. The molecule has 186 valence electrons. The summed E-state index contributed by atoms with van der Waals surface area (Å²) in [5.41, 5.74) is -0.0371. The van der Waals surface area contributed by atoms with Crippen LogP contribution in [0.5, 0.6) is 0 Å². The monoisotopic (exact) mass is 515 g/mol. The normalized spacial score (nSPS) is 31.3. The van der Waals surface area contributed by atoms with E-state index < -0.39 is 10.2 Å². The first-order valence-electron chi connectivity index (χ1n) is 12.4. The minimum atomic E-state index is -4.12. The molecule has 0 bridgehead atoms. The van der Waals surface area contributed by atoms with Gasteiger partial charge < -0.3 is 0 Å². The van der Waals surface area contributed by atoms with Gasteiger partial charge in [0.2, 0.25) is 0 Å². The SMILES string of the molecule is CC1CCC(C(C)C)C(N(C2CC(C)CCC2C(C)C)S(=O)(=O)n2c(C#N)cc(Cl)c2Cl)C1. The highest BCUT2D eigenvalue weighted by Gasteiger charge is 2.48. The first kappa shape index (κ1) is 26.9. The summed E-state index contributed by atoms with van der Waals surface area (Å²) in [4.78, 5) is 0. The lowest BCUT2D eigenvalue weighted by Crippen LogP contribution is -2.58. The third-order valence-electron chi connectivity index (χ3n) is 8.10. The second-order valence-corrected chi connectivity index (χ2v) is 13.6. The van der Waals surface area contributed by atoms with E-state index in [4.69, 9.17) is 23.2 Å². The molecule has 33 heavy (non-hydrogen) atoms. The van der Waals surface area contributed by atoms with Crippen molar-refractivity contribution in [3.63, 3.8) is 0 Å². The highest BCUT2D eigenvalue weighted by molar-refractivity contribution is 7.87. The molecule has 1 heterocycles. The van der Waals surface area contributed by atoms with Gasteiger partial charge in [0, 0.05) is 12.1 Å². The van der Waals surface area contributed by atoms with E-state index >= 15 is 0 Å². The van der Waals surface area contributed by atoms with Crippen LogP contribution in [0.25, 0.3) is 0 Å². The van der Waals surface area contributed by atoms with Crippen molar-refractivity contribution in [2.75, 3.05) is 0 Å². The molecule has 0 spiro atoms. The molecule has 3 rings (SSSR count). The van der Waals surface area contributed by atoms with E-state index in [1.165, 1.54) is 6.07 Å². The highest BCUT2D eigenvalue weighted by atomic mass is 35.5. The Hall–Kier alpha value is -0.740. The zero-order chi connectivity index (χ0) is 24.7. The van der Waals surface area contributed by atoms with Gasteiger partial charge in [0.25, 0.3) is 0 Å². The number of rotatable bonds is 6. The minimum Gasteiger partial charge on any atom is -0.203 e. The van der Waals surface area contributed by atoms with Gasteiger partial charge in [0.1, 0.15) is 16.9 Å². The topological polar surface area (TPSA) is 66.1 Å². The van der Waals surface area contributed by atoms with Crippen LogP contribution in [0.15, 0.2) is 6.07 Å². The van der Waals surface area contributed by atoms with Crippen LogP contribution in [-0.2, 0) is 10.2 Å². The Morgan fingerprint density at radius 2 is 1.42 bits per heavy atom. The molecule has 8 heteroatoms. The quantitative estimate of drug-likeness (QED) is 0.410. The van der Waals surface area contributed by atoms with Crippen molar-refractivity contribution in [3.05, 3.63) is 21.9 Å². The van der Waals surface area contributed by atoms with Crippen molar-refractivity contribution < 1.29 is 8.42 Å². The van der Waals surface area contributed by atoms with Gasteiger partial charge in [-0.15, -0.1) is 0 Å². The van der Waals surface area contributed by atoms with Gasteiger partial charge in [-0.3, -0.25) is 0 Å². The molecule has 2 saturated carbocycles. The molecule has 6 atom stereocenters. The number of hydrogen-bond acceptors (Lipinski definition) is 3. The predicted molar refractivity (Wildman–Crippen MR) is 136 cm³/mol. The molecular formula is C25H39Cl2N3O2S. The van der Waals surface area contributed by atoms with Crippen LogP contribution >= 0.6 is 23.2 Å². The van der Waals surface area contributed by atoms with Crippen molar-refractivity contribution in [3.8, 4) is 6.07 Å². The third-order valence-corrected chi connectivity index (χ3v) is 10.9. The number of halogens is 2. The lowest BCUT2D eigenvalue weighted by molar-refractivity contribution is 0.0332. The van der Waals surface area contributed by atoms with Crippen LogP contribution < -0.4 is 0 Å². The molecular weight excluding hydrogens is 477 g/mol. The second kappa shape index (κ2) is 10.5. The van der Waals surface area contributed by atoms with Crippen LogP contribution in [0.1, 0.15) is 85.8 Å². The van der Waals surface area contributed by atoms with Crippen LogP contribution in [0, 0.1) is 46.8 Å². The van der Waals surface area contributed by atoms with Crippen LogP contribution in [0.2, 0.25) is 10.2 Å². The molecule has 6 unspecified atom stereocenters. The maximum Gasteiger partial charge on any atom is 0.310 e. The van der Waals surface area contributed by atoms with E-state index in [1.807, 2.05) is 6.07 Å². The smallest absolute Gasteiger partial charge is 0.203 e. The summed E-state index contributed by atoms with van der Waals surface area (Å²) in [6.45, 7) is 13.2. The Morgan fingerprint density at radius 3 is 1.82 bits per heavy atom. The van der Waals surface area contributed by atoms with Gasteiger partial charge in [-0.25, -0.2) is 3.97 Å². The van der Waals surface area contributed by atoms with Gasteiger partial charge in [-0.05, 0) is 67.3 Å². The molecule has 0 aromatic carbocycles. The average Bonchev–Trinajstić information content (AvgIpc) is 3.02. The summed E-state index contributed by atoms with van der Waals surface area (Å²) in [6.07, 6.45) is 5.90. The Kier molecular flexibility index (Phi) is 8.53. The van der Waals surface area contributed by atoms with Crippen molar-refractivity contribution in [1.82, 2.24) is 8.28 Å². The van der Waals surface area contributed by atoms with E-state index in [0.29, 0.717) is 23.7 Å². The van der Waals surface area contributed by atoms with Crippen molar-refractivity contribution >= 4 is 33.4 Å². The molecule has 2 fully saturated rings. The van der Waals surface area contributed by atoms with E-state index in [1.54, 1.807) is 4.31 Å². The number of nitrogens with zero attached hydrogens (tertiary/aromatic N) is 3. The van der Waals surface area contributed by atoms with Gasteiger partial charge in [-0.1, -0.05) is 77.6 Å². The van der Waals surface area contributed by atoms with Crippen molar-refractivity contribution in [1.29, 1.82) is 5.26 Å². The van der Waals surface area contributed by atoms with Gasteiger partial charge >= 0.3 is 10.2 Å². The molecule has 1 aromatic heterocycles. The summed E-state index contributed by atoms with van der Waals surface area (Å²) in [6, 6.07) is 3.10. The van der Waals surface area contributed by atoms with Crippen molar-refractivity contribution in [2.24, 2.45) is 35.5 Å². The van der Waals surface area contributed by atoms with E-state index in [0.717, 1.165) is 42.5 Å². The standard InChI is InChI=1S/C25H39Cl2N3O2S/c1-15(2)20-9-7-17(5)11-23(20)30(24-12-18(6)8-10-21(24)16(3)4)33(31,32)29-19(14-28)13-22(26)25(29)27/h13,15-18,20-21,23-24H,7-12H2,1-6H3. The van der Waals surface area contributed by atoms with E-state index in [9.17, 15) is 13.7 Å². The molecule has 0 N–H and O–H groups in total. The summed E-state index contributed by atoms with van der Waals surface area (Å²) in [5.74, 6) is 2.13. The molecule has 2 aliphatic rings. The molecule has 0 saturated heterocycles. The van der Waals surface area contributed by atoms with E-state index in [2.05, 4.69) is 41.5 Å². The number of nitriles is 1. The van der Waals surface area contributed by atoms with Gasteiger partial charge in [0.05, 0.1) is 5.02 Å². The Morgan fingerprint density at radius 1 is 0.970 bits per heavy atom. The van der Waals surface area contributed by atoms with Crippen LogP contribution in [0.4, 0.5) is 0 Å². The Labute approximate surface area is 210 Å². The third kappa shape index (κ3) is 5.27. The van der Waals surface area contributed by atoms with Gasteiger partial charge in [0.15, 0.2) is 0 Å². The zero-order valence-electron chi connectivity index (χ0n) is 20.8. The highest BCUT2D eigenvalue weighted by Crippen LogP contribution is 2.45. The molecule has 2 aliphatic carbocycles. The van der Waals surface area contributed by atoms with Crippen LogP contribution in [0.3, 0.4) is 0 Å². The van der Waals surface area contributed by atoms with Gasteiger partial charge in [-0.2, -0.15) is 18.0 Å². The lowest BCUT2D eigenvalue weighted by Gasteiger charge is -2.50. The maximum atomic E-state index is 14.5. The summed E-state index contributed by atoms with van der Waals surface area (Å²) in [7, 11) is -4.12. The molecule has 0 amide bonds.